The summed E-state index contributed by atoms with van der Waals surface area (Å²) < 4.78 is 25.5. The molecule has 7 heteroatoms. The van der Waals surface area contributed by atoms with Gasteiger partial charge in [0.05, 0.1) is 25.1 Å². The Bertz CT molecular complexity index is 1060. The van der Waals surface area contributed by atoms with Gasteiger partial charge < -0.3 is 9.47 Å². The van der Waals surface area contributed by atoms with Crippen molar-refractivity contribution in [2.24, 2.45) is 0 Å². The molecule has 1 aromatic heterocycles. The lowest BCUT2D eigenvalue weighted by molar-refractivity contribution is 0.271. The summed E-state index contributed by atoms with van der Waals surface area (Å²) in [6.07, 6.45) is 0.667. The first-order valence-electron chi connectivity index (χ1n) is 9.21. The highest BCUT2D eigenvalue weighted by Gasteiger charge is 2.19. The number of aromatic nitrogens is 2. The number of nitrogens with zero attached hydrogens (tertiary/aromatic N) is 3. The van der Waals surface area contributed by atoms with Crippen molar-refractivity contribution in [1.82, 2.24) is 14.5 Å². The number of hydrogen-bond acceptors (Lipinski definition) is 5. The van der Waals surface area contributed by atoms with Crippen molar-refractivity contribution in [2.75, 3.05) is 27.3 Å². The van der Waals surface area contributed by atoms with Crippen LogP contribution in [0.4, 0.5) is 4.39 Å². The molecule has 0 amide bonds. The minimum Gasteiger partial charge on any atom is -0.493 e. The van der Waals surface area contributed by atoms with E-state index < -0.39 is 0 Å². The van der Waals surface area contributed by atoms with Gasteiger partial charge in [0.15, 0.2) is 11.5 Å². The van der Waals surface area contributed by atoms with Gasteiger partial charge >= 0.3 is 0 Å². The monoisotopic (exact) mass is 383 g/mol. The van der Waals surface area contributed by atoms with Gasteiger partial charge in [-0.15, -0.1) is 0 Å². The van der Waals surface area contributed by atoms with Gasteiger partial charge in [0, 0.05) is 38.7 Å². The molecule has 0 unspecified atom stereocenters. The summed E-state index contributed by atoms with van der Waals surface area (Å²) in [4.78, 5) is 20.0. The van der Waals surface area contributed by atoms with Crippen LogP contribution >= 0.6 is 0 Å². The Kier molecular flexibility index (Phi) is 5.00. The van der Waals surface area contributed by atoms with Gasteiger partial charge in [-0.25, -0.2) is 9.37 Å². The third-order valence-electron chi connectivity index (χ3n) is 5.15. The summed E-state index contributed by atoms with van der Waals surface area (Å²) in [5.74, 6) is 1.60. The molecule has 3 aromatic rings. The van der Waals surface area contributed by atoms with Crippen LogP contribution in [0.15, 0.2) is 41.2 Å². The molecular formula is C21H22FN3O3. The molecule has 0 radical (unpaired) electrons. The standard InChI is InChI=1S/C21H22FN3O3/c1-27-18-11-16-17(12-19(18)28-2)23-20-7-8-24(9-10-25(20)21(16)26)13-14-3-5-15(22)6-4-14/h3-6,11-12H,7-10,13H2,1-2H3. The van der Waals surface area contributed by atoms with Crippen LogP contribution in [0.5, 0.6) is 11.5 Å². The van der Waals surface area contributed by atoms with Crippen molar-refractivity contribution < 1.29 is 13.9 Å². The summed E-state index contributed by atoms with van der Waals surface area (Å²) in [5, 5.41) is 0.522. The molecule has 0 N–H and O–H groups in total. The lowest BCUT2D eigenvalue weighted by atomic mass is 10.2. The molecular weight excluding hydrogens is 361 g/mol. The zero-order valence-corrected chi connectivity index (χ0v) is 15.9. The van der Waals surface area contributed by atoms with Crippen molar-refractivity contribution in [1.29, 1.82) is 0 Å². The van der Waals surface area contributed by atoms with Crippen molar-refractivity contribution >= 4 is 10.9 Å². The van der Waals surface area contributed by atoms with Crippen LogP contribution in [-0.2, 0) is 19.5 Å². The lowest BCUT2D eigenvalue weighted by Gasteiger charge is -2.19. The van der Waals surface area contributed by atoms with Crippen LogP contribution in [0.2, 0.25) is 0 Å². The van der Waals surface area contributed by atoms with Crippen LogP contribution in [0.25, 0.3) is 10.9 Å². The third kappa shape index (κ3) is 3.45. The molecule has 146 valence electrons. The fraction of sp³-hybridized carbons (Fsp3) is 0.333. The summed E-state index contributed by atoms with van der Waals surface area (Å²) in [7, 11) is 3.11. The van der Waals surface area contributed by atoms with E-state index in [1.807, 2.05) is 0 Å². The van der Waals surface area contributed by atoms with Crippen LogP contribution in [0.1, 0.15) is 11.4 Å². The third-order valence-corrected chi connectivity index (χ3v) is 5.15. The van der Waals surface area contributed by atoms with Gasteiger partial charge in [0.2, 0.25) is 0 Å². The highest BCUT2D eigenvalue weighted by Crippen LogP contribution is 2.30. The van der Waals surface area contributed by atoms with E-state index in [-0.39, 0.29) is 11.4 Å². The van der Waals surface area contributed by atoms with Gasteiger partial charge in [-0.2, -0.15) is 0 Å². The molecule has 0 atom stereocenters. The van der Waals surface area contributed by atoms with Crippen LogP contribution in [0, 0.1) is 5.82 Å². The predicted molar refractivity (Wildman–Crippen MR) is 104 cm³/mol. The summed E-state index contributed by atoms with van der Waals surface area (Å²) >= 11 is 0. The van der Waals surface area contributed by atoms with Gasteiger partial charge in [0.1, 0.15) is 11.6 Å². The molecule has 0 bridgehead atoms. The van der Waals surface area contributed by atoms with Crippen molar-refractivity contribution in [3.63, 3.8) is 0 Å². The zero-order chi connectivity index (χ0) is 19.7. The molecule has 1 aliphatic heterocycles. The van der Waals surface area contributed by atoms with Crippen LogP contribution in [-0.4, -0.2) is 41.8 Å². The Balaban J connectivity index is 1.64. The highest BCUT2D eigenvalue weighted by atomic mass is 19.1. The smallest absolute Gasteiger partial charge is 0.261 e. The Morgan fingerprint density at radius 3 is 2.46 bits per heavy atom. The molecule has 0 spiro atoms. The summed E-state index contributed by atoms with van der Waals surface area (Å²) in [5.41, 5.74) is 1.60. The maximum absolute atomic E-state index is 13.1. The molecule has 28 heavy (non-hydrogen) atoms. The predicted octanol–water partition coefficient (Wildman–Crippen LogP) is 2.61. The molecule has 1 aliphatic rings. The van der Waals surface area contributed by atoms with Crippen molar-refractivity contribution in [3.05, 3.63) is 64.0 Å². The Morgan fingerprint density at radius 2 is 1.75 bits per heavy atom. The summed E-state index contributed by atoms with van der Waals surface area (Å²) in [6.45, 7) is 2.78. The van der Waals surface area contributed by atoms with E-state index in [1.165, 1.54) is 12.1 Å². The topological polar surface area (TPSA) is 56.6 Å². The Labute approximate surface area is 162 Å². The number of hydrogen-bond donors (Lipinski definition) is 0. The van der Waals surface area contributed by atoms with Crippen LogP contribution in [0.3, 0.4) is 0 Å². The first kappa shape index (κ1) is 18.4. The van der Waals surface area contributed by atoms with E-state index >= 15 is 0 Å². The van der Waals surface area contributed by atoms with Crippen LogP contribution < -0.4 is 15.0 Å². The number of ether oxygens (including phenoxy) is 2. The number of fused-ring (bicyclic) bond motifs is 2. The fourth-order valence-corrected chi connectivity index (χ4v) is 3.63. The average Bonchev–Trinajstić information content (AvgIpc) is 2.91. The first-order valence-corrected chi connectivity index (χ1v) is 9.21. The second kappa shape index (κ2) is 7.59. The van der Waals surface area contributed by atoms with E-state index in [1.54, 1.807) is 43.1 Å². The molecule has 4 rings (SSSR count). The molecule has 0 saturated heterocycles. The Hall–Kier alpha value is -2.93. The van der Waals surface area contributed by atoms with Gasteiger partial charge in [-0.05, 0) is 23.8 Å². The largest absolute Gasteiger partial charge is 0.493 e. The molecule has 0 aliphatic carbocycles. The number of halogens is 1. The zero-order valence-electron chi connectivity index (χ0n) is 15.9. The number of rotatable bonds is 4. The fourth-order valence-electron chi connectivity index (χ4n) is 3.63. The van der Waals surface area contributed by atoms with Gasteiger partial charge in [0.25, 0.3) is 5.56 Å². The molecule has 6 nitrogen and oxygen atoms in total. The summed E-state index contributed by atoms with van der Waals surface area (Å²) in [6, 6.07) is 9.98. The number of benzene rings is 2. The maximum atomic E-state index is 13.1. The lowest BCUT2D eigenvalue weighted by Crippen LogP contribution is -2.28. The minimum absolute atomic E-state index is 0.0652. The van der Waals surface area contributed by atoms with Crippen molar-refractivity contribution in [3.8, 4) is 11.5 Å². The second-order valence-electron chi connectivity index (χ2n) is 6.86. The van der Waals surface area contributed by atoms with Gasteiger partial charge in [-0.1, -0.05) is 12.1 Å². The minimum atomic E-state index is -0.236. The molecule has 2 heterocycles. The van der Waals surface area contributed by atoms with E-state index in [2.05, 4.69) is 4.90 Å². The van der Waals surface area contributed by atoms with E-state index in [4.69, 9.17) is 14.5 Å². The number of methoxy groups -OCH3 is 2. The second-order valence-corrected chi connectivity index (χ2v) is 6.86. The normalized spacial score (nSPS) is 14.5. The highest BCUT2D eigenvalue weighted by molar-refractivity contribution is 5.82. The van der Waals surface area contributed by atoms with E-state index in [0.29, 0.717) is 41.9 Å². The SMILES string of the molecule is COc1cc2nc3n(c(=O)c2cc1OC)CCN(Cc1ccc(F)cc1)CC3. The average molecular weight is 383 g/mol. The van der Waals surface area contributed by atoms with E-state index in [9.17, 15) is 9.18 Å². The van der Waals surface area contributed by atoms with Gasteiger partial charge in [-0.3, -0.25) is 14.3 Å². The molecule has 0 fully saturated rings. The van der Waals surface area contributed by atoms with Crippen molar-refractivity contribution in [2.45, 2.75) is 19.5 Å². The molecule has 0 saturated carbocycles. The van der Waals surface area contributed by atoms with E-state index in [0.717, 1.165) is 24.5 Å². The Morgan fingerprint density at radius 1 is 1.04 bits per heavy atom. The quantitative estimate of drug-likeness (QED) is 0.693. The first-order chi connectivity index (χ1) is 13.6. The molecule has 2 aromatic carbocycles. The maximum Gasteiger partial charge on any atom is 0.261 e.